The maximum Gasteiger partial charge on any atom is 0.410 e. The molecule has 1 aromatic carbocycles. The summed E-state index contributed by atoms with van der Waals surface area (Å²) in [5, 5.41) is 0. The highest BCUT2D eigenvalue weighted by Gasteiger charge is 2.43. The summed E-state index contributed by atoms with van der Waals surface area (Å²) in [6.45, 7) is 8.05. The molecule has 6 heteroatoms. The number of hydrogen-bond acceptors (Lipinski definition) is 4. The van der Waals surface area contributed by atoms with Gasteiger partial charge in [0.25, 0.3) is 0 Å². The average molecular weight is 424 g/mol. The van der Waals surface area contributed by atoms with E-state index in [1.807, 2.05) is 15.9 Å². The molecule has 1 spiro atoms. The Bertz CT molecular complexity index is 871. The van der Waals surface area contributed by atoms with Crippen molar-refractivity contribution in [2.45, 2.75) is 57.4 Å². The largest absolute Gasteiger partial charge is 0.436 e. The number of likely N-dealkylation sites (tertiary alicyclic amines) is 2. The third kappa shape index (κ3) is 4.43. The number of rotatable bonds is 2. The molecule has 0 unspecified atom stereocenters. The summed E-state index contributed by atoms with van der Waals surface area (Å²) in [4.78, 5) is 30.6. The van der Waals surface area contributed by atoms with Gasteiger partial charge in [0.1, 0.15) is 0 Å². The second-order valence-electron chi connectivity index (χ2n) is 8.95. The van der Waals surface area contributed by atoms with Gasteiger partial charge in [-0.15, -0.1) is 5.92 Å². The van der Waals surface area contributed by atoms with Gasteiger partial charge in [-0.05, 0) is 63.7 Å². The first-order valence-electron chi connectivity index (χ1n) is 11.5. The van der Waals surface area contributed by atoms with Crippen LogP contribution in [0.2, 0.25) is 0 Å². The molecule has 31 heavy (non-hydrogen) atoms. The third-order valence-electron chi connectivity index (χ3n) is 7.40. The van der Waals surface area contributed by atoms with E-state index in [-0.39, 0.29) is 24.0 Å². The van der Waals surface area contributed by atoms with Gasteiger partial charge in [-0.25, -0.2) is 4.79 Å². The Balaban J connectivity index is 1.34. The van der Waals surface area contributed by atoms with E-state index < -0.39 is 0 Å². The summed E-state index contributed by atoms with van der Waals surface area (Å²) in [6, 6.07) is 9.01. The van der Waals surface area contributed by atoms with E-state index in [1.165, 1.54) is 5.56 Å². The van der Waals surface area contributed by atoms with Gasteiger partial charge in [0.2, 0.25) is 5.91 Å². The summed E-state index contributed by atoms with van der Waals surface area (Å²) < 4.78 is 5.21. The van der Waals surface area contributed by atoms with E-state index >= 15 is 0 Å². The molecule has 4 rings (SSSR count). The van der Waals surface area contributed by atoms with E-state index in [2.05, 4.69) is 34.9 Å². The van der Waals surface area contributed by atoms with Crippen LogP contribution in [0.5, 0.6) is 0 Å². The first kappa shape index (κ1) is 21.7. The van der Waals surface area contributed by atoms with Crippen LogP contribution in [0.25, 0.3) is 0 Å². The highest BCUT2D eigenvalue weighted by molar-refractivity contribution is 5.93. The number of benzene rings is 1. The molecule has 2 amide bonds. The van der Waals surface area contributed by atoms with Crippen molar-refractivity contribution in [2.24, 2.45) is 0 Å². The Labute approximate surface area is 185 Å². The van der Waals surface area contributed by atoms with Crippen molar-refractivity contribution in [3.05, 3.63) is 29.8 Å². The minimum absolute atomic E-state index is 0.131. The molecule has 2 saturated heterocycles. The summed E-state index contributed by atoms with van der Waals surface area (Å²) in [6.07, 6.45) is 5.06. The normalized spacial score (nSPS) is 21.2. The molecule has 0 aliphatic carbocycles. The lowest BCUT2D eigenvalue weighted by atomic mass is 9.67. The van der Waals surface area contributed by atoms with Crippen molar-refractivity contribution in [1.29, 1.82) is 0 Å². The third-order valence-corrected chi connectivity index (χ3v) is 7.40. The number of nitrogens with zero attached hydrogens (tertiary/aromatic N) is 3. The van der Waals surface area contributed by atoms with Crippen LogP contribution in [0.1, 0.15) is 51.5 Å². The van der Waals surface area contributed by atoms with Gasteiger partial charge >= 0.3 is 6.09 Å². The smallest absolute Gasteiger partial charge is 0.410 e. The topological polar surface area (TPSA) is 53.1 Å². The van der Waals surface area contributed by atoms with Crippen LogP contribution in [0.3, 0.4) is 0 Å². The molecule has 0 N–H and O–H groups in total. The number of ether oxygens (including phenoxy) is 1. The van der Waals surface area contributed by atoms with Crippen molar-refractivity contribution in [2.75, 3.05) is 44.2 Å². The Morgan fingerprint density at radius 3 is 2.42 bits per heavy atom. The molecule has 0 bridgehead atoms. The zero-order chi connectivity index (χ0) is 21.8. The lowest BCUT2D eigenvalue weighted by Crippen LogP contribution is -2.53. The van der Waals surface area contributed by atoms with Gasteiger partial charge < -0.3 is 19.4 Å². The van der Waals surface area contributed by atoms with Crippen LogP contribution in [0.15, 0.2) is 24.3 Å². The van der Waals surface area contributed by atoms with Gasteiger partial charge in [-0.1, -0.05) is 24.1 Å². The molecule has 0 atom stereocenters. The number of fused-ring (bicyclic) bond motifs is 2. The van der Waals surface area contributed by atoms with Crippen molar-refractivity contribution >= 4 is 17.7 Å². The highest BCUT2D eigenvalue weighted by Crippen LogP contribution is 2.47. The van der Waals surface area contributed by atoms with Crippen LogP contribution >= 0.6 is 0 Å². The van der Waals surface area contributed by atoms with Crippen LogP contribution in [0, 0.1) is 11.8 Å². The number of carbonyl (C=O) groups excluding carboxylic acids is 2. The molecule has 6 nitrogen and oxygen atoms in total. The molecule has 166 valence electrons. The van der Waals surface area contributed by atoms with E-state index in [4.69, 9.17) is 4.74 Å². The lowest BCUT2D eigenvalue weighted by Gasteiger charge is -2.50. The Hall–Kier alpha value is -2.52. The number of piperidine rings is 2. The van der Waals surface area contributed by atoms with Gasteiger partial charge in [0.15, 0.2) is 6.61 Å². The van der Waals surface area contributed by atoms with Crippen LogP contribution < -0.4 is 4.90 Å². The zero-order valence-electron chi connectivity index (χ0n) is 18.7. The van der Waals surface area contributed by atoms with Gasteiger partial charge in [0.05, 0.1) is 0 Å². The standard InChI is InChI=1S/C25H33N3O3/c1-3-4-19-31-24(30)27-14-9-21(10-15-27)26-16-11-25(12-17-26)13-18-28(20(2)29)23-8-6-5-7-22(23)25/h5-8,21H,9-19H2,1-2H3. The first-order valence-corrected chi connectivity index (χ1v) is 11.5. The summed E-state index contributed by atoms with van der Waals surface area (Å²) in [7, 11) is 0. The lowest BCUT2D eigenvalue weighted by molar-refractivity contribution is -0.116. The monoisotopic (exact) mass is 423 g/mol. The van der Waals surface area contributed by atoms with Crippen LogP contribution in [0.4, 0.5) is 10.5 Å². The number of para-hydroxylation sites is 1. The van der Waals surface area contributed by atoms with Crippen molar-refractivity contribution in [3.63, 3.8) is 0 Å². The van der Waals surface area contributed by atoms with Gasteiger partial charge in [-0.3, -0.25) is 4.79 Å². The maximum atomic E-state index is 12.1. The Kier molecular flexibility index (Phi) is 6.52. The van der Waals surface area contributed by atoms with E-state index in [9.17, 15) is 9.59 Å². The van der Waals surface area contributed by atoms with Gasteiger partial charge in [0, 0.05) is 43.7 Å². The Morgan fingerprint density at radius 2 is 1.74 bits per heavy atom. The van der Waals surface area contributed by atoms with Crippen LogP contribution in [-0.2, 0) is 14.9 Å². The van der Waals surface area contributed by atoms with E-state index in [0.717, 1.165) is 70.5 Å². The molecular weight excluding hydrogens is 390 g/mol. The second-order valence-corrected chi connectivity index (χ2v) is 8.95. The zero-order valence-corrected chi connectivity index (χ0v) is 18.7. The van der Waals surface area contributed by atoms with Crippen LogP contribution in [-0.4, -0.2) is 67.2 Å². The summed E-state index contributed by atoms with van der Waals surface area (Å²) in [5.41, 5.74) is 2.64. The molecule has 1 aromatic rings. The predicted octanol–water partition coefficient (Wildman–Crippen LogP) is 3.40. The molecular formula is C25H33N3O3. The molecule has 3 aliphatic heterocycles. The molecule has 2 fully saturated rings. The van der Waals surface area contributed by atoms with E-state index in [0.29, 0.717) is 6.04 Å². The molecule has 3 aliphatic rings. The molecule has 0 aromatic heterocycles. The summed E-state index contributed by atoms with van der Waals surface area (Å²) >= 11 is 0. The fourth-order valence-electron chi connectivity index (χ4n) is 5.58. The summed E-state index contributed by atoms with van der Waals surface area (Å²) in [5.74, 6) is 5.65. The first-order chi connectivity index (χ1) is 15.0. The Morgan fingerprint density at radius 1 is 1.06 bits per heavy atom. The fourth-order valence-corrected chi connectivity index (χ4v) is 5.58. The van der Waals surface area contributed by atoms with E-state index in [1.54, 1.807) is 13.8 Å². The number of anilines is 1. The van der Waals surface area contributed by atoms with Crippen molar-refractivity contribution < 1.29 is 14.3 Å². The predicted molar refractivity (Wildman–Crippen MR) is 121 cm³/mol. The number of carbonyl (C=O) groups is 2. The minimum Gasteiger partial charge on any atom is -0.436 e. The minimum atomic E-state index is -0.243. The number of hydrogen-bond donors (Lipinski definition) is 0. The second kappa shape index (κ2) is 9.32. The molecule has 3 heterocycles. The number of amides is 2. The van der Waals surface area contributed by atoms with Crippen molar-refractivity contribution in [3.8, 4) is 11.8 Å². The fraction of sp³-hybridized carbons (Fsp3) is 0.600. The van der Waals surface area contributed by atoms with Gasteiger partial charge in [-0.2, -0.15) is 0 Å². The highest BCUT2D eigenvalue weighted by atomic mass is 16.6. The maximum absolute atomic E-state index is 12.1. The SMILES string of the molecule is CC#CCOC(=O)N1CCC(N2CCC3(CCN(C(C)=O)c4ccccc43)CC2)CC1. The van der Waals surface area contributed by atoms with Crippen molar-refractivity contribution in [1.82, 2.24) is 9.80 Å². The molecule has 0 saturated carbocycles. The average Bonchev–Trinajstić information content (AvgIpc) is 2.80. The quantitative estimate of drug-likeness (QED) is 0.684. The molecule has 0 radical (unpaired) electrons.